The van der Waals surface area contributed by atoms with Gasteiger partial charge in [-0.05, 0) is 72.4 Å². The van der Waals surface area contributed by atoms with Crippen molar-refractivity contribution in [2.75, 3.05) is 13.2 Å². The summed E-state index contributed by atoms with van der Waals surface area (Å²) in [5, 5.41) is 40.8. The zero-order valence-electron chi connectivity index (χ0n) is 21.4. The summed E-state index contributed by atoms with van der Waals surface area (Å²) >= 11 is 6.48. The maximum absolute atomic E-state index is 10.5. The molecule has 0 saturated carbocycles. The minimum Gasteiger partial charge on any atom is -0.489 e. The van der Waals surface area contributed by atoms with Gasteiger partial charge in [0.25, 0.3) is 0 Å². The molecule has 0 aromatic heterocycles. The molecule has 2 aliphatic rings. The lowest BCUT2D eigenvalue weighted by Gasteiger charge is -2.40. The van der Waals surface area contributed by atoms with E-state index in [4.69, 9.17) is 25.8 Å². The van der Waals surface area contributed by atoms with Crippen LogP contribution in [0.4, 0.5) is 0 Å². The van der Waals surface area contributed by atoms with Gasteiger partial charge in [0.05, 0.1) is 6.61 Å². The monoisotopic (exact) mass is 540 g/mol. The van der Waals surface area contributed by atoms with Crippen LogP contribution in [-0.4, -0.2) is 63.7 Å². The van der Waals surface area contributed by atoms with Crippen LogP contribution in [0.3, 0.4) is 0 Å². The number of benzene rings is 3. The van der Waals surface area contributed by atoms with Gasteiger partial charge < -0.3 is 34.6 Å². The third-order valence-corrected chi connectivity index (χ3v) is 7.66. The number of fused-ring (bicyclic) bond motifs is 1. The predicted molar refractivity (Wildman–Crippen MR) is 143 cm³/mol. The lowest BCUT2D eigenvalue weighted by molar-refractivity contribution is -0.231. The SMILES string of the molecule is Cc1ccc2c(c1)OC(C)(COc1ccc(Cc3cc([C@@H]4O[C@H](CO)[C@@H](O)[C@H](O)[C@H]4O)ccc3Cl)cc1)C2. The largest absolute Gasteiger partial charge is 0.489 e. The van der Waals surface area contributed by atoms with E-state index in [0.717, 1.165) is 29.0 Å². The van der Waals surface area contributed by atoms with Gasteiger partial charge >= 0.3 is 0 Å². The summed E-state index contributed by atoms with van der Waals surface area (Å²) in [5.41, 5.74) is 4.37. The van der Waals surface area contributed by atoms with Crippen LogP contribution < -0.4 is 9.47 Å². The van der Waals surface area contributed by atoms with Crippen LogP contribution in [-0.2, 0) is 17.6 Å². The van der Waals surface area contributed by atoms with Gasteiger partial charge in [0.1, 0.15) is 54.2 Å². The van der Waals surface area contributed by atoms with Gasteiger partial charge in [-0.1, -0.05) is 48.0 Å². The zero-order chi connectivity index (χ0) is 27.0. The van der Waals surface area contributed by atoms with Crippen LogP contribution in [0.2, 0.25) is 5.02 Å². The number of halogens is 1. The Morgan fingerprint density at radius 2 is 1.74 bits per heavy atom. The van der Waals surface area contributed by atoms with E-state index < -0.39 is 42.7 Å². The molecule has 202 valence electrons. The van der Waals surface area contributed by atoms with Crippen LogP contribution in [0.1, 0.15) is 40.8 Å². The zero-order valence-corrected chi connectivity index (χ0v) is 22.1. The lowest BCUT2D eigenvalue weighted by Crippen LogP contribution is -2.55. The average Bonchev–Trinajstić information content (AvgIpc) is 3.24. The molecule has 7 nitrogen and oxygen atoms in total. The Balaban J connectivity index is 1.23. The van der Waals surface area contributed by atoms with Crippen LogP contribution in [0.5, 0.6) is 11.5 Å². The summed E-state index contributed by atoms with van der Waals surface area (Å²) < 4.78 is 18.0. The highest BCUT2D eigenvalue weighted by molar-refractivity contribution is 6.31. The number of rotatable bonds is 7. The van der Waals surface area contributed by atoms with Crippen molar-refractivity contribution in [3.05, 3.63) is 93.5 Å². The van der Waals surface area contributed by atoms with E-state index in [-0.39, 0.29) is 0 Å². The van der Waals surface area contributed by atoms with Crippen molar-refractivity contribution >= 4 is 11.6 Å². The number of aryl methyl sites for hydroxylation is 1. The summed E-state index contributed by atoms with van der Waals surface area (Å²) in [7, 11) is 0. The molecule has 3 aromatic rings. The molecule has 2 heterocycles. The molecular weight excluding hydrogens is 508 g/mol. The number of hydrogen-bond acceptors (Lipinski definition) is 7. The van der Waals surface area contributed by atoms with Crippen LogP contribution in [0.15, 0.2) is 60.7 Å². The molecule has 4 N–H and O–H groups in total. The first-order chi connectivity index (χ1) is 18.2. The van der Waals surface area contributed by atoms with Gasteiger partial charge in [-0.25, -0.2) is 0 Å². The van der Waals surface area contributed by atoms with E-state index in [1.807, 2.05) is 30.3 Å². The Morgan fingerprint density at radius 3 is 2.47 bits per heavy atom. The van der Waals surface area contributed by atoms with Crippen LogP contribution >= 0.6 is 11.6 Å². The van der Waals surface area contributed by atoms with E-state index in [0.29, 0.717) is 23.6 Å². The molecule has 2 aliphatic heterocycles. The van der Waals surface area contributed by atoms with Crippen LogP contribution in [0.25, 0.3) is 0 Å². The van der Waals surface area contributed by atoms with Gasteiger partial charge in [-0.15, -0.1) is 0 Å². The van der Waals surface area contributed by atoms with Crippen LogP contribution in [0, 0.1) is 6.92 Å². The van der Waals surface area contributed by atoms with E-state index >= 15 is 0 Å². The molecule has 5 rings (SSSR count). The summed E-state index contributed by atoms with van der Waals surface area (Å²) in [6, 6.07) is 19.3. The molecule has 0 amide bonds. The van der Waals surface area contributed by atoms with Gasteiger partial charge in [0.15, 0.2) is 0 Å². The normalized spacial score (nSPS) is 28.6. The number of ether oxygens (including phenoxy) is 3. The van der Waals surface area contributed by atoms with Crippen molar-refractivity contribution in [3.63, 3.8) is 0 Å². The summed E-state index contributed by atoms with van der Waals surface area (Å²) in [4.78, 5) is 0. The summed E-state index contributed by atoms with van der Waals surface area (Å²) in [5.74, 6) is 1.67. The summed E-state index contributed by atoms with van der Waals surface area (Å²) in [6.07, 6.45) is -4.74. The Kier molecular flexibility index (Phi) is 7.69. The third kappa shape index (κ3) is 5.54. The van der Waals surface area contributed by atoms with Gasteiger partial charge in [0.2, 0.25) is 0 Å². The highest BCUT2D eigenvalue weighted by Crippen LogP contribution is 2.37. The minimum absolute atomic E-state index is 0.423. The second kappa shape index (κ2) is 10.8. The standard InChI is InChI=1S/C30H33ClO7/c1-17-3-6-20-14-30(2,38-24(20)11-17)16-36-22-8-4-18(5-9-22)12-21-13-19(7-10-23(21)31)29-28(35)27(34)26(33)25(15-32)37-29/h3-11,13,25-29,32-35H,12,14-16H2,1-2H3/t25-,26-,27+,28-,29+,30?/m1/s1. The van der Waals surface area contributed by atoms with Gasteiger partial charge in [0, 0.05) is 11.4 Å². The predicted octanol–water partition coefficient (Wildman–Crippen LogP) is 3.53. The number of aliphatic hydroxyl groups is 4. The molecule has 6 atom stereocenters. The Labute approximate surface area is 227 Å². The van der Waals surface area contributed by atoms with E-state index in [1.165, 1.54) is 11.1 Å². The molecule has 1 unspecified atom stereocenters. The second-order valence-electron chi connectivity index (χ2n) is 10.5. The fourth-order valence-electron chi connectivity index (χ4n) is 5.13. The van der Waals surface area contributed by atoms with Crippen molar-refractivity contribution in [1.29, 1.82) is 0 Å². The highest BCUT2D eigenvalue weighted by atomic mass is 35.5. The van der Waals surface area contributed by atoms with Gasteiger partial charge in [-0.2, -0.15) is 0 Å². The quantitative estimate of drug-likeness (QED) is 0.363. The van der Waals surface area contributed by atoms with E-state index in [1.54, 1.807) is 12.1 Å². The van der Waals surface area contributed by atoms with Crippen molar-refractivity contribution in [1.82, 2.24) is 0 Å². The molecule has 1 saturated heterocycles. The maximum Gasteiger partial charge on any atom is 0.144 e. The molecule has 0 aliphatic carbocycles. The molecular formula is C30H33ClO7. The fraction of sp³-hybridized carbons (Fsp3) is 0.400. The first-order valence-corrected chi connectivity index (χ1v) is 13.1. The Bertz CT molecular complexity index is 1280. The van der Waals surface area contributed by atoms with Gasteiger partial charge in [-0.3, -0.25) is 0 Å². The molecule has 0 bridgehead atoms. The molecule has 8 heteroatoms. The molecule has 3 aromatic carbocycles. The van der Waals surface area contributed by atoms with Crippen molar-refractivity contribution in [2.45, 2.75) is 62.8 Å². The molecule has 1 fully saturated rings. The second-order valence-corrected chi connectivity index (χ2v) is 11.0. The number of hydrogen-bond donors (Lipinski definition) is 4. The average molecular weight is 541 g/mol. The third-order valence-electron chi connectivity index (χ3n) is 7.30. The smallest absolute Gasteiger partial charge is 0.144 e. The van der Waals surface area contributed by atoms with Crippen molar-refractivity contribution in [2.24, 2.45) is 0 Å². The highest BCUT2D eigenvalue weighted by Gasteiger charge is 2.44. The number of aliphatic hydroxyl groups excluding tert-OH is 4. The van der Waals surface area contributed by atoms with E-state index in [2.05, 4.69) is 32.0 Å². The first kappa shape index (κ1) is 26.9. The lowest BCUT2D eigenvalue weighted by atomic mass is 9.90. The Hall–Kier alpha value is -2.65. The van der Waals surface area contributed by atoms with Crippen molar-refractivity contribution < 1.29 is 34.6 Å². The maximum atomic E-state index is 10.5. The first-order valence-electron chi connectivity index (χ1n) is 12.7. The molecule has 0 radical (unpaired) electrons. The topological polar surface area (TPSA) is 109 Å². The minimum atomic E-state index is -1.44. The fourth-order valence-corrected chi connectivity index (χ4v) is 5.32. The van der Waals surface area contributed by atoms with Crippen molar-refractivity contribution in [3.8, 4) is 11.5 Å². The molecule has 38 heavy (non-hydrogen) atoms. The summed E-state index contributed by atoms with van der Waals surface area (Å²) in [6.45, 7) is 4.05. The van der Waals surface area contributed by atoms with E-state index in [9.17, 15) is 20.4 Å². The Morgan fingerprint density at radius 1 is 0.974 bits per heavy atom. The molecule has 0 spiro atoms.